The fourth-order valence-corrected chi connectivity index (χ4v) is 2.03. The van der Waals surface area contributed by atoms with Crippen LogP contribution in [0.2, 0.25) is 0 Å². The monoisotopic (exact) mass is 200 g/mol. The van der Waals surface area contributed by atoms with E-state index < -0.39 is 0 Å². The molecule has 2 nitrogen and oxygen atoms in total. The summed E-state index contributed by atoms with van der Waals surface area (Å²) in [5, 5.41) is 0. The van der Waals surface area contributed by atoms with Gasteiger partial charge in [0.25, 0.3) is 0 Å². The van der Waals surface area contributed by atoms with Crippen molar-refractivity contribution in [1.29, 1.82) is 0 Å². The highest BCUT2D eigenvalue weighted by Gasteiger charge is 2.54. The second kappa shape index (κ2) is 3.49. The second-order valence-electron chi connectivity index (χ2n) is 5.68. The summed E-state index contributed by atoms with van der Waals surface area (Å²) in [7, 11) is 0. The molecular formula is C12H24O2. The summed E-state index contributed by atoms with van der Waals surface area (Å²) in [5.41, 5.74) is 0.193. The predicted molar refractivity (Wildman–Crippen MR) is 58.2 cm³/mol. The Hall–Kier alpha value is -0.0800. The zero-order chi connectivity index (χ0) is 11.0. The SMILES string of the molecule is CCC1(C(C)(C)C(C)(C)C)OCCO1. The first kappa shape index (κ1) is 12.0. The van der Waals surface area contributed by atoms with Gasteiger partial charge in [0, 0.05) is 5.41 Å². The Labute approximate surface area is 88.0 Å². The second-order valence-corrected chi connectivity index (χ2v) is 5.68. The van der Waals surface area contributed by atoms with Gasteiger partial charge >= 0.3 is 0 Å². The van der Waals surface area contributed by atoms with Gasteiger partial charge in [-0.15, -0.1) is 0 Å². The van der Waals surface area contributed by atoms with Gasteiger partial charge in [0.05, 0.1) is 13.2 Å². The van der Waals surface area contributed by atoms with E-state index in [1.54, 1.807) is 0 Å². The van der Waals surface area contributed by atoms with E-state index in [-0.39, 0.29) is 16.6 Å². The maximum Gasteiger partial charge on any atom is 0.173 e. The third-order valence-electron chi connectivity index (χ3n) is 4.05. The van der Waals surface area contributed by atoms with Crippen LogP contribution in [-0.2, 0) is 9.47 Å². The van der Waals surface area contributed by atoms with Crippen LogP contribution in [-0.4, -0.2) is 19.0 Å². The molecular weight excluding hydrogens is 176 g/mol. The molecule has 1 fully saturated rings. The Morgan fingerprint density at radius 3 is 1.71 bits per heavy atom. The van der Waals surface area contributed by atoms with E-state index in [4.69, 9.17) is 9.47 Å². The van der Waals surface area contributed by atoms with Crippen molar-refractivity contribution in [3.8, 4) is 0 Å². The van der Waals surface area contributed by atoms with Crippen LogP contribution in [0, 0.1) is 10.8 Å². The number of rotatable bonds is 2. The number of ether oxygens (including phenoxy) is 2. The van der Waals surface area contributed by atoms with Crippen molar-refractivity contribution in [2.75, 3.05) is 13.2 Å². The molecule has 1 aliphatic rings. The van der Waals surface area contributed by atoms with Crippen LogP contribution in [0.1, 0.15) is 48.0 Å². The van der Waals surface area contributed by atoms with Crippen molar-refractivity contribution in [3.05, 3.63) is 0 Å². The molecule has 1 saturated heterocycles. The molecule has 0 aromatic heterocycles. The molecule has 1 aliphatic heterocycles. The molecule has 84 valence electrons. The lowest BCUT2D eigenvalue weighted by molar-refractivity contribution is -0.257. The summed E-state index contributed by atoms with van der Waals surface area (Å²) < 4.78 is 11.7. The number of hydrogen-bond donors (Lipinski definition) is 0. The van der Waals surface area contributed by atoms with Gasteiger partial charge in [-0.25, -0.2) is 0 Å². The van der Waals surface area contributed by atoms with Crippen LogP contribution in [0.5, 0.6) is 0 Å². The van der Waals surface area contributed by atoms with Gasteiger partial charge in [-0.2, -0.15) is 0 Å². The van der Waals surface area contributed by atoms with E-state index in [9.17, 15) is 0 Å². The Morgan fingerprint density at radius 2 is 1.43 bits per heavy atom. The Bertz CT molecular complexity index is 195. The Kier molecular flexibility index (Phi) is 2.99. The van der Waals surface area contributed by atoms with Gasteiger partial charge in [0.1, 0.15) is 0 Å². The molecule has 0 aromatic carbocycles. The summed E-state index contributed by atoms with van der Waals surface area (Å²) in [5.74, 6) is -0.384. The van der Waals surface area contributed by atoms with Crippen molar-refractivity contribution >= 4 is 0 Å². The van der Waals surface area contributed by atoms with Crippen LogP contribution in [0.25, 0.3) is 0 Å². The normalized spacial score (nSPS) is 22.7. The molecule has 0 aliphatic carbocycles. The van der Waals surface area contributed by atoms with Crippen molar-refractivity contribution in [2.45, 2.75) is 53.8 Å². The summed E-state index contributed by atoms with van der Waals surface area (Å²) >= 11 is 0. The molecule has 1 rings (SSSR count). The average molecular weight is 200 g/mol. The summed E-state index contributed by atoms with van der Waals surface area (Å²) in [4.78, 5) is 0. The molecule has 14 heavy (non-hydrogen) atoms. The predicted octanol–water partition coefficient (Wildman–Crippen LogP) is 3.21. The molecule has 0 bridgehead atoms. The first-order valence-electron chi connectivity index (χ1n) is 5.55. The molecule has 2 heteroatoms. The van der Waals surface area contributed by atoms with Crippen LogP contribution in [0.3, 0.4) is 0 Å². The lowest BCUT2D eigenvalue weighted by Crippen LogP contribution is -2.52. The van der Waals surface area contributed by atoms with Crippen molar-refractivity contribution in [1.82, 2.24) is 0 Å². The molecule has 0 unspecified atom stereocenters. The van der Waals surface area contributed by atoms with E-state index >= 15 is 0 Å². The van der Waals surface area contributed by atoms with Crippen molar-refractivity contribution in [2.24, 2.45) is 10.8 Å². The minimum atomic E-state index is -0.384. The third kappa shape index (κ3) is 1.59. The van der Waals surface area contributed by atoms with Gasteiger partial charge in [-0.05, 0) is 11.8 Å². The molecule has 0 saturated carbocycles. The van der Waals surface area contributed by atoms with Crippen molar-refractivity contribution < 1.29 is 9.47 Å². The average Bonchev–Trinajstić information content (AvgIpc) is 2.51. The van der Waals surface area contributed by atoms with Crippen LogP contribution in [0.15, 0.2) is 0 Å². The topological polar surface area (TPSA) is 18.5 Å². The van der Waals surface area contributed by atoms with Gasteiger partial charge in [-0.3, -0.25) is 0 Å². The lowest BCUT2D eigenvalue weighted by Gasteiger charge is -2.49. The van der Waals surface area contributed by atoms with E-state index in [0.29, 0.717) is 0 Å². The minimum absolute atomic E-state index is 0.0191. The van der Waals surface area contributed by atoms with E-state index in [1.807, 2.05) is 0 Å². The van der Waals surface area contributed by atoms with Crippen LogP contribution < -0.4 is 0 Å². The van der Waals surface area contributed by atoms with E-state index in [1.165, 1.54) is 0 Å². The Balaban J connectivity index is 2.99. The summed E-state index contributed by atoms with van der Waals surface area (Å²) in [6.45, 7) is 14.8. The maximum atomic E-state index is 5.86. The fraction of sp³-hybridized carbons (Fsp3) is 1.00. The molecule has 0 N–H and O–H groups in total. The molecule has 0 radical (unpaired) electrons. The summed E-state index contributed by atoms with van der Waals surface area (Å²) in [6.07, 6.45) is 0.914. The largest absolute Gasteiger partial charge is 0.347 e. The molecule has 0 amide bonds. The van der Waals surface area contributed by atoms with Gasteiger partial charge < -0.3 is 9.47 Å². The molecule has 0 spiro atoms. The first-order valence-corrected chi connectivity index (χ1v) is 5.55. The highest BCUT2D eigenvalue weighted by atomic mass is 16.7. The molecule has 0 aromatic rings. The lowest BCUT2D eigenvalue weighted by atomic mass is 9.63. The maximum absolute atomic E-state index is 5.86. The first-order chi connectivity index (χ1) is 6.27. The standard InChI is InChI=1S/C12H24O2/c1-7-12(13-8-9-14-12)11(5,6)10(2,3)4/h7-9H2,1-6H3. The van der Waals surface area contributed by atoms with Gasteiger partial charge in [0.2, 0.25) is 0 Å². The third-order valence-corrected chi connectivity index (χ3v) is 4.05. The quantitative estimate of drug-likeness (QED) is 0.681. The van der Waals surface area contributed by atoms with E-state index in [0.717, 1.165) is 19.6 Å². The minimum Gasteiger partial charge on any atom is -0.347 e. The highest BCUT2D eigenvalue weighted by Crippen LogP contribution is 2.51. The van der Waals surface area contributed by atoms with Gasteiger partial charge in [-0.1, -0.05) is 41.5 Å². The molecule has 0 atom stereocenters. The zero-order valence-corrected chi connectivity index (χ0v) is 10.4. The van der Waals surface area contributed by atoms with Crippen LogP contribution in [0.4, 0.5) is 0 Å². The number of hydrogen-bond acceptors (Lipinski definition) is 2. The fourth-order valence-electron chi connectivity index (χ4n) is 2.03. The van der Waals surface area contributed by atoms with Gasteiger partial charge in [0.15, 0.2) is 5.79 Å². The molecule has 1 heterocycles. The smallest absolute Gasteiger partial charge is 0.173 e. The Morgan fingerprint density at radius 1 is 1.00 bits per heavy atom. The summed E-state index contributed by atoms with van der Waals surface area (Å²) in [6, 6.07) is 0. The van der Waals surface area contributed by atoms with Crippen molar-refractivity contribution in [3.63, 3.8) is 0 Å². The van der Waals surface area contributed by atoms with Crippen LogP contribution >= 0.6 is 0 Å². The highest BCUT2D eigenvalue weighted by molar-refractivity contribution is 4.96. The zero-order valence-electron chi connectivity index (χ0n) is 10.4. The van der Waals surface area contributed by atoms with E-state index in [2.05, 4.69) is 41.5 Å².